The van der Waals surface area contributed by atoms with Crippen LogP contribution in [0.15, 0.2) is 24.3 Å². The van der Waals surface area contributed by atoms with Gasteiger partial charge in [0.15, 0.2) is 0 Å². The molecule has 0 heterocycles. The van der Waals surface area contributed by atoms with Crippen LogP contribution < -0.4 is 0 Å². The third-order valence-corrected chi connectivity index (χ3v) is 2.93. The lowest BCUT2D eigenvalue weighted by Gasteiger charge is -2.29. The third-order valence-electron chi connectivity index (χ3n) is 2.93. The van der Waals surface area contributed by atoms with Crippen LogP contribution in [-0.2, 0) is 0 Å². The summed E-state index contributed by atoms with van der Waals surface area (Å²) in [4.78, 5) is 0. The van der Waals surface area contributed by atoms with Crippen molar-refractivity contribution in [3.63, 3.8) is 0 Å². The molecule has 1 aliphatic rings. The number of aliphatic hydroxyl groups is 1. The van der Waals surface area contributed by atoms with E-state index in [1.54, 1.807) is 0 Å². The maximum absolute atomic E-state index is 9.92. The van der Waals surface area contributed by atoms with Gasteiger partial charge in [-0.3, -0.25) is 0 Å². The van der Waals surface area contributed by atoms with Crippen molar-refractivity contribution in [1.29, 1.82) is 0 Å². The topological polar surface area (TPSA) is 20.2 Å². The Balaban J connectivity index is 2.58. The quantitative estimate of drug-likeness (QED) is 0.680. The van der Waals surface area contributed by atoms with Crippen LogP contribution in [0, 0.1) is 5.41 Å². The molecule has 0 saturated carbocycles. The van der Waals surface area contributed by atoms with Gasteiger partial charge in [-0.15, -0.1) is 6.58 Å². The second-order valence-electron chi connectivity index (χ2n) is 4.94. The van der Waals surface area contributed by atoms with E-state index in [9.17, 15) is 5.11 Å². The number of allylic oxidation sites excluding steroid dienone is 2. The first-order valence-electron chi connectivity index (χ1n) is 5.56. The second kappa shape index (κ2) is 4.79. The maximum Gasteiger partial charge on any atom is 0.0753 e. The monoisotopic (exact) mass is 194 g/mol. The van der Waals surface area contributed by atoms with E-state index in [1.807, 2.05) is 6.08 Å². The van der Waals surface area contributed by atoms with Crippen molar-refractivity contribution in [3.8, 4) is 0 Å². The highest BCUT2D eigenvalue weighted by atomic mass is 16.3. The van der Waals surface area contributed by atoms with Crippen LogP contribution in [0.2, 0.25) is 0 Å². The molecule has 0 saturated heterocycles. The van der Waals surface area contributed by atoms with Gasteiger partial charge in [0.2, 0.25) is 0 Å². The lowest BCUT2D eigenvalue weighted by molar-refractivity contribution is 0.189. The molecule has 0 aromatic heterocycles. The zero-order valence-corrected chi connectivity index (χ0v) is 9.42. The average molecular weight is 194 g/mol. The molecule has 1 atom stereocenters. The predicted octanol–water partition coefficient (Wildman–Crippen LogP) is 3.45. The molecule has 1 nitrogen and oxygen atoms in total. The lowest BCUT2D eigenvalue weighted by atomic mass is 9.78. The van der Waals surface area contributed by atoms with Crippen molar-refractivity contribution in [3.05, 3.63) is 24.3 Å². The highest BCUT2D eigenvalue weighted by Crippen LogP contribution is 2.34. The molecule has 0 aromatic rings. The Morgan fingerprint density at radius 2 is 2.36 bits per heavy atom. The van der Waals surface area contributed by atoms with E-state index >= 15 is 0 Å². The van der Waals surface area contributed by atoms with Crippen LogP contribution in [0.5, 0.6) is 0 Å². The molecule has 1 heteroatoms. The van der Waals surface area contributed by atoms with Gasteiger partial charge in [0, 0.05) is 0 Å². The van der Waals surface area contributed by atoms with Crippen molar-refractivity contribution in [2.75, 3.05) is 0 Å². The van der Waals surface area contributed by atoms with Crippen molar-refractivity contribution >= 4 is 0 Å². The summed E-state index contributed by atoms with van der Waals surface area (Å²) < 4.78 is 0. The zero-order chi connectivity index (χ0) is 10.6. The van der Waals surface area contributed by atoms with Crippen LogP contribution in [-0.4, -0.2) is 11.2 Å². The Hall–Kier alpha value is -0.560. The summed E-state index contributed by atoms with van der Waals surface area (Å²) >= 11 is 0. The third kappa shape index (κ3) is 3.30. The zero-order valence-electron chi connectivity index (χ0n) is 9.42. The predicted molar refractivity (Wildman–Crippen MR) is 61.2 cm³/mol. The SMILES string of the molecule is C=CCCC(O)C1=CC(C)(C)CCC1. The van der Waals surface area contributed by atoms with Crippen LogP contribution in [0.1, 0.15) is 46.0 Å². The second-order valence-corrected chi connectivity index (χ2v) is 4.94. The van der Waals surface area contributed by atoms with Crippen LogP contribution in [0.4, 0.5) is 0 Å². The molecule has 1 rings (SSSR count). The van der Waals surface area contributed by atoms with E-state index in [0.717, 1.165) is 19.3 Å². The Kier molecular flexibility index (Phi) is 3.94. The van der Waals surface area contributed by atoms with E-state index in [4.69, 9.17) is 0 Å². The maximum atomic E-state index is 9.92. The average Bonchev–Trinajstić information content (AvgIpc) is 2.12. The molecule has 1 N–H and O–H groups in total. The molecule has 1 unspecified atom stereocenters. The van der Waals surface area contributed by atoms with Crippen LogP contribution in [0.3, 0.4) is 0 Å². The minimum atomic E-state index is -0.243. The summed E-state index contributed by atoms with van der Waals surface area (Å²) in [6.07, 6.45) is 9.15. The number of rotatable bonds is 4. The van der Waals surface area contributed by atoms with E-state index in [0.29, 0.717) is 0 Å². The van der Waals surface area contributed by atoms with Gasteiger partial charge in [-0.25, -0.2) is 0 Å². The molecule has 0 spiro atoms. The van der Waals surface area contributed by atoms with Crippen LogP contribution in [0.25, 0.3) is 0 Å². The van der Waals surface area contributed by atoms with Gasteiger partial charge in [0.05, 0.1) is 6.10 Å². The molecule has 1 aliphatic carbocycles. The molecule has 0 aromatic carbocycles. The highest BCUT2D eigenvalue weighted by Gasteiger charge is 2.23. The van der Waals surface area contributed by atoms with Crippen molar-refractivity contribution in [2.24, 2.45) is 5.41 Å². The molecule has 0 radical (unpaired) electrons. The van der Waals surface area contributed by atoms with Crippen molar-refractivity contribution < 1.29 is 5.11 Å². The summed E-state index contributed by atoms with van der Waals surface area (Å²) in [5.74, 6) is 0. The Morgan fingerprint density at radius 1 is 1.64 bits per heavy atom. The van der Waals surface area contributed by atoms with Crippen molar-refractivity contribution in [2.45, 2.75) is 52.1 Å². The minimum Gasteiger partial charge on any atom is -0.389 e. The first-order valence-corrected chi connectivity index (χ1v) is 5.56. The highest BCUT2D eigenvalue weighted by molar-refractivity contribution is 5.15. The Morgan fingerprint density at radius 3 is 2.93 bits per heavy atom. The van der Waals surface area contributed by atoms with E-state index in [-0.39, 0.29) is 11.5 Å². The number of aliphatic hydroxyl groups excluding tert-OH is 1. The molecular formula is C13H22O. The fourth-order valence-corrected chi connectivity index (χ4v) is 2.12. The Labute approximate surface area is 87.5 Å². The molecule has 0 fully saturated rings. The standard InChI is InChI=1S/C13H22O/c1-4-5-8-12(14)11-7-6-9-13(2,3)10-11/h4,10,12,14H,1,5-9H2,2-3H3. The van der Waals surface area contributed by atoms with Gasteiger partial charge in [0.25, 0.3) is 0 Å². The van der Waals surface area contributed by atoms with E-state index < -0.39 is 0 Å². The van der Waals surface area contributed by atoms with Crippen LogP contribution >= 0.6 is 0 Å². The van der Waals surface area contributed by atoms with E-state index in [1.165, 1.54) is 18.4 Å². The van der Waals surface area contributed by atoms with Gasteiger partial charge in [-0.2, -0.15) is 0 Å². The number of hydrogen-bond acceptors (Lipinski definition) is 1. The first-order chi connectivity index (χ1) is 6.55. The summed E-state index contributed by atoms with van der Waals surface area (Å²) in [5.41, 5.74) is 1.52. The summed E-state index contributed by atoms with van der Waals surface area (Å²) in [6, 6.07) is 0. The summed E-state index contributed by atoms with van der Waals surface area (Å²) in [5, 5.41) is 9.92. The van der Waals surface area contributed by atoms with Gasteiger partial charge in [0.1, 0.15) is 0 Å². The number of hydrogen-bond donors (Lipinski definition) is 1. The normalized spacial score (nSPS) is 22.6. The van der Waals surface area contributed by atoms with Gasteiger partial charge < -0.3 is 5.11 Å². The van der Waals surface area contributed by atoms with E-state index in [2.05, 4.69) is 26.5 Å². The van der Waals surface area contributed by atoms with Crippen molar-refractivity contribution in [1.82, 2.24) is 0 Å². The van der Waals surface area contributed by atoms with Gasteiger partial charge >= 0.3 is 0 Å². The molecular weight excluding hydrogens is 172 g/mol. The fraction of sp³-hybridized carbons (Fsp3) is 0.692. The fourth-order valence-electron chi connectivity index (χ4n) is 2.12. The molecule has 0 amide bonds. The minimum absolute atomic E-state index is 0.243. The van der Waals surface area contributed by atoms with Gasteiger partial charge in [-0.05, 0) is 43.1 Å². The molecule has 80 valence electrons. The molecule has 0 bridgehead atoms. The molecule has 14 heavy (non-hydrogen) atoms. The molecule has 0 aliphatic heterocycles. The lowest BCUT2D eigenvalue weighted by Crippen LogP contribution is -2.19. The summed E-state index contributed by atoms with van der Waals surface area (Å²) in [7, 11) is 0. The smallest absolute Gasteiger partial charge is 0.0753 e. The largest absolute Gasteiger partial charge is 0.389 e. The summed E-state index contributed by atoms with van der Waals surface area (Å²) in [6.45, 7) is 8.16. The first kappa shape index (κ1) is 11.5. The van der Waals surface area contributed by atoms with Gasteiger partial charge in [-0.1, -0.05) is 26.0 Å². The Bertz CT molecular complexity index is 225.